The number of rotatable bonds is 2. The summed E-state index contributed by atoms with van der Waals surface area (Å²) in [7, 11) is 0. The lowest BCUT2D eigenvalue weighted by atomic mass is 10.1. The van der Waals surface area contributed by atoms with Crippen LogP contribution in [0.15, 0.2) is 53.2 Å². The minimum absolute atomic E-state index is 0.0807. The van der Waals surface area contributed by atoms with E-state index < -0.39 is 0 Å². The van der Waals surface area contributed by atoms with Crippen LogP contribution in [0.2, 0.25) is 0 Å². The molecule has 3 heterocycles. The molecule has 23 heavy (non-hydrogen) atoms. The number of carbonyl (C=O) groups is 1. The first kappa shape index (κ1) is 14.0. The number of furan rings is 1. The zero-order valence-corrected chi connectivity index (χ0v) is 13.0. The van der Waals surface area contributed by atoms with Gasteiger partial charge in [0.05, 0.1) is 6.04 Å². The van der Waals surface area contributed by atoms with Crippen LogP contribution in [-0.2, 0) is 0 Å². The number of carbonyl (C=O) groups excluding carboxylic acids is 1. The first-order chi connectivity index (χ1) is 11.2. The van der Waals surface area contributed by atoms with Crippen molar-refractivity contribution in [2.75, 3.05) is 6.54 Å². The standard InChI is InChI=1S/C19H18N2O2/c1-13-10-16-11-14(6-7-18(16)23-13)19(22)21-9-3-5-17(21)15-4-2-8-20-12-15/h2,4,6-8,10-12,17H,3,5,9H2,1H3/t17-/m1/s1. The van der Waals surface area contributed by atoms with Crippen LogP contribution in [-0.4, -0.2) is 22.3 Å². The number of nitrogens with zero attached hydrogens (tertiary/aromatic N) is 2. The molecule has 4 nitrogen and oxygen atoms in total. The molecule has 0 spiro atoms. The number of aryl methyl sites for hydroxylation is 1. The third-order valence-electron chi connectivity index (χ3n) is 4.47. The van der Waals surface area contributed by atoms with Crippen LogP contribution in [0.25, 0.3) is 11.0 Å². The van der Waals surface area contributed by atoms with Gasteiger partial charge in [-0.3, -0.25) is 9.78 Å². The summed E-state index contributed by atoms with van der Waals surface area (Å²) < 4.78 is 5.59. The summed E-state index contributed by atoms with van der Waals surface area (Å²) in [5.41, 5.74) is 2.65. The fourth-order valence-corrected chi connectivity index (χ4v) is 3.40. The molecule has 1 aliphatic heterocycles. The summed E-state index contributed by atoms with van der Waals surface area (Å²) in [5.74, 6) is 0.941. The summed E-state index contributed by atoms with van der Waals surface area (Å²) in [6.45, 7) is 2.71. The number of hydrogen-bond acceptors (Lipinski definition) is 3. The van der Waals surface area contributed by atoms with Crippen molar-refractivity contribution in [3.63, 3.8) is 0 Å². The molecule has 0 bridgehead atoms. The molecule has 1 amide bonds. The highest BCUT2D eigenvalue weighted by molar-refractivity contribution is 5.98. The van der Waals surface area contributed by atoms with E-state index in [1.54, 1.807) is 6.20 Å². The first-order valence-electron chi connectivity index (χ1n) is 7.93. The molecule has 1 aliphatic rings. The van der Waals surface area contributed by atoms with Gasteiger partial charge >= 0.3 is 0 Å². The van der Waals surface area contributed by atoms with Crippen LogP contribution < -0.4 is 0 Å². The van der Waals surface area contributed by atoms with E-state index in [2.05, 4.69) is 4.98 Å². The van der Waals surface area contributed by atoms with E-state index in [-0.39, 0.29) is 11.9 Å². The average molecular weight is 306 g/mol. The molecule has 2 aromatic heterocycles. The van der Waals surface area contributed by atoms with E-state index in [0.29, 0.717) is 5.56 Å². The van der Waals surface area contributed by atoms with Crippen LogP contribution in [0.1, 0.15) is 40.6 Å². The van der Waals surface area contributed by atoms with E-state index in [1.165, 1.54) is 0 Å². The zero-order valence-electron chi connectivity index (χ0n) is 13.0. The minimum Gasteiger partial charge on any atom is -0.461 e. The van der Waals surface area contributed by atoms with Crippen molar-refractivity contribution >= 4 is 16.9 Å². The first-order valence-corrected chi connectivity index (χ1v) is 7.93. The fourth-order valence-electron chi connectivity index (χ4n) is 3.40. The molecule has 0 unspecified atom stereocenters. The maximum Gasteiger partial charge on any atom is 0.254 e. The van der Waals surface area contributed by atoms with Gasteiger partial charge in [-0.2, -0.15) is 0 Å². The molecular weight excluding hydrogens is 288 g/mol. The number of fused-ring (bicyclic) bond motifs is 1. The van der Waals surface area contributed by atoms with Crippen molar-refractivity contribution in [1.29, 1.82) is 0 Å². The van der Waals surface area contributed by atoms with Gasteiger partial charge in [-0.25, -0.2) is 0 Å². The topological polar surface area (TPSA) is 46.3 Å². The van der Waals surface area contributed by atoms with Gasteiger partial charge < -0.3 is 9.32 Å². The largest absolute Gasteiger partial charge is 0.461 e. The zero-order chi connectivity index (χ0) is 15.8. The summed E-state index contributed by atoms with van der Waals surface area (Å²) in [4.78, 5) is 19.1. The molecule has 1 saturated heterocycles. The number of hydrogen-bond donors (Lipinski definition) is 0. The van der Waals surface area contributed by atoms with Crippen molar-refractivity contribution in [2.24, 2.45) is 0 Å². The highest BCUT2D eigenvalue weighted by atomic mass is 16.3. The molecular formula is C19H18N2O2. The van der Waals surface area contributed by atoms with Crippen molar-refractivity contribution in [2.45, 2.75) is 25.8 Å². The number of likely N-dealkylation sites (tertiary alicyclic amines) is 1. The molecule has 0 aliphatic carbocycles. The number of pyridine rings is 1. The van der Waals surface area contributed by atoms with Crippen molar-refractivity contribution < 1.29 is 9.21 Å². The minimum atomic E-state index is 0.0807. The fraction of sp³-hybridized carbons (Fsp3) is 0.263. The molecule has 0 N–H and O–H groups in total. The van der Waals surface area contributed by atoms with Gasteiger partial charge in [-0.15, -0.1) is 0 Å². The van der Waals surface area contributed by atoms with Gasteiger partial charge in [0.25, 0.3) is 5.91 Å². The van der Waals surface area contributed by atoms with Crippen molar-refractivity contribution in [1.82, 2.24) is 9.88 Å². The Morgan fingerprint density at radius 2 is 2.22 bits per heavy atom. The predicted molar refractivity (Wildman–Crippen MR) is 88.2 cm³/mol. The Morgan fingerprint density at radius 1 is 1.30 bits per heavy atom. The number of aromatic nitrogens is 1. The maximum absolute atomic E-state index is 13.0. The van der Waals surface area contributed by atoms with Gasteiger partial charge in [0, 0.05) is 29.9 Å². The number of amides is 1. The van der Waals surface area contributed by atoms with Gasteiger partial charge in [0.2, 0.25) is 0 Å². The van der Waals surface area contributed by atoms with Gasteiger partial charge in [0.1, 0.15) is 11.3 Å². The Morgan fingerprint density at radius 3 is 3.04 bits per heavy atom. The summed E-state index contributed by atoms with van der Waals surface area (Å²) in [5, 5.41) is 0.977. The molecule has 4 heteroatoms. The second-order valence-corrected chi connectivity index (χ2v) is 6.05. The molecule has 0 radical (unpaired) electrons. The summed E-state index contributed by atoms with van der Waals surface area (Å²) in [6.07, 6.45) is 5.64. The summed E-state index contributed by atoms with van der Waals surface area (Å²) in [6, 6.07) is 11.7. The molecule has 3 aromatic rings. The molecule has 4 rings (SSSR count). The van der Waals surface area contributed by atoms with Gasteiger partial charge in [0.15, 0.2) is 0 Å². The average Bonchev–Trinajstić information content (AvgIpc) is 3.19. The Hall–Kier alpha value is -2.62. The van der Waals surface area contributed by atoms with E-state index in [4.69, 9.17) is 4.42 Å². The van der Waals surface area contributed by atoms with E-state index in [9.17, 15) is 4.79 Å². The summed E-state index contributed by atoms with van der Waals surface area (Å²) >= 11 is 0. The monoisotopic (exact) mass is 306 g/mol. The van der Waals surface area contributed by atoms with E-state index in [1.807, 2.05) is 54.4 Å². The maximum atomic E-state index is 13.0. The second-order valence-electron chi connectivity index (χ2n) is 6.05. The van der Waals surface area contributed by atoms with Crippen molar-refractivity contribution in [3.05, 3.63) is 65.7 Å². The number of benzene rings is 1. The van der Waals surface area contributed by atoms with Gasteiger partial charge in [-0.1, -0.05) is 6.07 Å². The second kappa shape index (κ2) is 5.54. The van der Waals surface area contributed by atoms with Crippen LogP contribution in [0.3, 0.4) is 0 Å². The van der Waals surface area contributed by atoms with Crippen molar-refractivity contribution in [3.8, 4) is 0 Å². The third-order valence-corrected chi connectivity index (χ3v) is 4.47. The highest BCUT2D eigenvalue weighted by Gasteiger charge is 2.30. The van der Waals surface area contributed by atoms with Crippen LogP contribution in [0, 0.1) is 6.92 Å². The lowest BCUT2D eigenvalue weighted by Crippen LogP contribution is -2.30. The van der Waals surface area contributed by atoms with E-state index >= 15 is 0 Å². The Bertz CT molecular complexity index is 854. The lowest BCUT2D eigenvalue weighted by Gasteiger charge is -2.25. The quantitative estimate of drug-likeness (QED) is 0.715. The smallest absolute Gasteiger partial charge is 0.254 e. The van der Waals surface area contributed by atoms with E-state index in [0.717, 1.165) is 41.7 Å². The normalized spacial score (nSPS) is 17.8. The molecule has 116 valence electrons. The van der Waals surface area contributed by atoms with Crippen LogP contribution in [0.5, 0.6) is 0 Å². The predicted octanol–water partition coefficient (Wildman–Crippen LogP) is 4.11. The van der Waals surface area contributed by atoms with Crippen LogP contribution >= 0.6 is 0 Å². The molecule has 1 aromatic carbocycles. The molecule has 1 fully saturated rings. The lowest BCUT2D eigenvalue weighted by molar-refractivity contribution is 0.0735. The highest BCUT2D eigenvalue weighted by Crippen LogP contribution is 2.33. The Labute approximate surface area is 134 Å². The molecule has 0 saturated carbocycles. The molecule has 1 atom stereocenters. The van der Waals surface area contributed by atoms with Gasteiger partial charge in [-0.05, 0) is 55.7 Å². The Balaban J connectivity index is 1.66. The van der Waals surface area contributed by atoms with Crippen LogP contribution in [0.4, 0.5) is 0 Å². The Kier molecular flexibility index (Phi) is 3.37. The third kappa shape index (κ3) is 2.50. The SMILES string of the molecule is Cc1cc2cc(C(=O)N3CCC[C@@H]3c3cccnc3)ccc2o1.